The van der Waals surface area contributed by atoms with Crippen molar-refractivity contribution in [3.05, 3.63) is 42.1 Å². The van der Waals surface area contributed by atoms with Gasteiger partial charge in [-0.2, -0.15) is 5.10 Å². The van der Waals surface area contributed by atoms with Crippen LogP contribution in [0.3, 0.4) is 0 Å². The van der Waals surface area contributed by atoms with Crippen LogP contribution in [0.4, 0.5) is 4.79 Å². The van der Waals surface area contributed by atoms with Crippen molar-refractivity contribution in [1.29, 1.82) is 0 Å². The fourth-order valence-corrected chi connectivity index (χ4v) is 6.49. The molecule has 2 N–H and O–H groups in total. The van der Waals surface area contributed by atoms with E-state index in [1.165, 1.54) is 25.6 Å². The summed E-state index contributed by atoms with van der Waals surface area (Å²) in [6.07, 6.45) is 4.39. The molecule has 2 saturated heterocycles. The second-order valence-electron chi connectivity index (χ2n) is 13.3. The maximum Gasteiger partial charge on any atom is 0.527 e. The largest absolute Gasteiger partial charge is 0.527 e. The Bertz CT molecular complexity index is 1620. The first-order valence-electron chi connectivity index (χ1n) is 18.3. The van der Waals surface area contributed by atoms with Crippen molar-refractivity contribution in [3.63, 3.8) is 0 Å². The number of nitrogens with zero attached hydrogens (tertiary/aromatic N) is 5. The van der Waals surface area contributed by atoms with E-state index in [0.717, 1.165) is 26.2 Å². The number of amides is 4. The summed E-state index contributed by atoms with van der Waals surface area (Å²) in [6, 6.07) is 9.75. The SMILES string of the molecule is CCCC[C@](NC(=O)c1cc(OCC(=O)N2CCC[C@H]2C(=O)NC2CCC2)n(-c2ccccc2)n1)(OC(C)=O)C(=O)N1CCN(OC(=O)OCC)CC1. The first kappa shape index (κ1) is 39.0. The van der Waals surface area contributed by atoms with E-state index in [9.17, 15) is 28.8 Å². The number of rotatable bonds is 15. The zero-order chi connectivity index (χ0) is 38.0. The molecule has 0 bridgehead atoms. The second-order valence-corrected chi connectivity index (χ2v) is 13.3. The van der Waals surface area contributed by atoms with Gasteiger partial charge in [0.1, 0.15) is 6.04 Å². The minimum atomic E-state index is -2.07. The second kappa shape index (κ2) is 18.0. The number of carbonyl (C=O) groups is 6. The van der Waals surface area contributed by atoms with E-state index < -0.39 is 42.3 Å². The van der Waals surface area contributed by atoms with Gasteiger partial charge in [0, 0.05) is 45.1 Å². The van der Waals surface area contributed by atoms with Crippen LogP contribution in [-0.4, -0.2) is 124 Å². The van der Waals surface area contributed by atoms with E-state index in [-0.39, 0.29) is 68.6 Å². The van der Waals surface area contributed by atoms with Gasteiger partial charge in [-0.05, 0) is 57.6 Å². The molecule has 1 aromatic carbocycles. The van der Waals surface area contributed by atoms with Gasteiger partial charge >= 0.3 is 12.1 Å². The Morgan fingerprint density at radius 2 is 1.68 bits per heavy atom. The van der Waals surface area contributed by atoms with Gasteiger partial charge in [-0.1, -0.05) is 31.5 Å². The van der Waals surface area contributed by atoms with E-state index in [0.29, 0.717) is 37.9 Å². The van der Waals surface area contributed by atoms with Crippen molar-refractivity contribution in [2.75, 3.05) is 45.9 Å². The molecule has 2 atom stereocenters. The number of benzene rings is 1. The molecular formula is C36H49N7O10. The summed E-state index contributed by atoms with van der Waals surface area (Å²) >= 11 is 0. The van der Waals surface area contributed by atoms with Gasteiger partial charge in [0.15, 0.2) is 12.3 Å². The Morgan fingerprint density at radius 3 is 2.32 bits per heavy atom. The zero-order valence-electron chi connectivity index (χ0n) is 30.5. The van der Waals surface area contributed by atoms with Crippen molar-refractivity contribution in [1.82, 2.24) is 35.3 Å². The maximum absolute atomic E-state index is 14.2. The Balaban J connectivity index is 1.34. The van der Waals surface area contributed by atoms with Crippen LogP contribution >= 0.6 is 0 Å². The van der Waals surface area contributed by atoms with Gasteiger partial charge in [0.2, 0.25) is 11.8 Å². The van der Waals surface area contributed by atoms with E-state index >= 15 is 0 Å². The number of likely N-dealkylation sites (tertiary alicyclic amines) is 1. The number of esters is 1. The fraction of sp³-hybridized carbons (Fsp3) is 0.583. The van der Waals surface area contributed by atoms with Crippen LogP contribution in [0.5, 0.6) is 5.88 Å². The quantitative estimate of drug-likeness (QED) is 0.201. The number of ether oxygens (including phenoxy) is 3. The average Bonchev–Trinajstić information content (AvgIpc) is 3.80. The third kappa shape index (κ3) is 9.82. The minimum Gasteiger partial charge on any atom is -0.467 e. The number of para-hydroxylation sites is 1. The smallest absolute Gasteiger partial charge is 0.467 e. The van der Waals surface area contributed by atoms with Crippen molar-refractivity contribution in [2.45, 2.75) is 89.9 Å². The molecule has 53 heavy (non-hydrogen) atoms. The number of hydrogen-bond donors (Lipinski definition) is 2. The summed E-state index contributed by atoms with van der Waals surface area (Å²) in [5.74, 6) is -2.71. The Hall–Kier alpha value is -5.19. The molecule has 5 rings (SSSR count). The molecule has 2 aliphatic heterocycles. The normalized spacial score (nSPS) is 18.7. The van der Waals surface area contributed by atoms with Gasteiger partial charge < -0.3 is 39.5 Å². The summed E-state index contributed by atoms with van der Waals surface area (Å²) < 4.78 is 17.8. The van der Waals surface area contributed by atoms with Crippen LogP contribution in [0.25, 0.3) is 5.69 Å². The van der Waals surface area contributed by atoms with E-state index in [1.54, 1.807) is 31.2 Å². The molecule has 3 fully saturated rings. The lowest BCUT2D eigenvalue weighted by Gasteiger charge is -2.39. The van der Waals surface area contributed by atoms with Crippen LogP contribution in [0.15, 0.2) is 36.4 Å². The number of carbonyl (C=O) groups excluding carboxylic acids is 6. The first-order chi connectivity index (χ1) is 25.5. The topological polar surface area (TPSA) is 191 Å². The summed E-state index contributed by atoms with van der Waals surface area (Å²) in [5, 5.41) is 11.5. The van der Waals surface area contributed by atoms with Crippen molar-refractivity contribution in [2.24, 2.45) is 0 Å². The number of nitrogens with one attached hydrogen (secondary N) is 2. The Morgan fingerprint density at radius 1 is 0.943 bits per heavy atom. The lowest BCUT2D eigenvalue weighted by Crippen LogP contribution is -2.64. The molecule has 4 amide bonds. The number of aromatic nitrogens is 2. The summed E-state index contributed by atoms with van der Waals surface area (Å²) in [4.78, 5) is 86.9. The highest BCUT2D eigenvalue weighted by Crippen LogP contribution is 2.26. The molecule has 2 aromatic rings. The fourth-order valence-electron chi connectivity index (χ4n) is 6.49. The molecule has 0 spiro atoms. The van der Waals surface area contributed by atoms with E-state index in [1.807, 2.05) is 13.0 Å². The lowest BCUT2D eigenvalue weighted by atomic mass is 9.93. The van der Waals surface area contributed by atoms with Crippen molar-refractivity contribution >= 4 is 35.8 Å². The monoisotopic (exact) mass is 739 g/mol. The average molecular weight is 740 g/mol. The maximum atomic E-state index is 14.2. The number of unbranched alkanes of at least 4 members (excludes halogenated alkanes) is 1. The summed E-state index contributed by atoms with van der Waals surface area (Å²) in [7, 11) is 0. The molecule has 17 nitrogen and oxygen atoms in total. The third-order valence-corrected chi connectivity index (χ3v) is 9.43. The van der Waals surface area contributed by atoms with Gasteiger partial charge in [0.25, 0.3) is 23.4 Å². The molecule has 0 unspecified atom stereocenters. The third-order valence-electron chi connectivity index (χ3n) is 9.43. The van der Waals surface area contributed by atoms with Crippen molar-refractivity contribution in [3.8, 4) is 11.6 Å². The molecular weight excluding hydrogens is 690 g/mol. The Labute approximate surface area is 308 Å². The molecule has 3 aliphatic rings. The zero-order valence-corrected chi connectivity index (χ0v) is 30.5. The molecule has 288 valence electrons. The standard InChI is InChI=1S/C36H49N7O10/c1-4-6-17-36(52-25(3)44,34(48)40-19-21-41(22-20-40)53-35(49)50-5-2)38-32(46)28-23-31(43(39-28)27-14-8-7-9-15-27)51-24-30(45)42-18-11-16-29(42)33(47)37-26-12-10-13-26/h7-9,14-15,23,26,29H,4-6,10-13,16-22,24H2,1-3H3,(H,37,47)(H,38,46)/t29-,36-/m0/s1. The lowest BCUT2D eigenvalue weighted by molar-refractivity contribution is -0.184. The van der Waals surface area contributed by atoms with Crippen LogP contribution in [0.2, 0.25) is 0 Å². The highest BCUT2D eigenvalue weighted by molar-refractivity contribution is 5.98. The van der Waals surface area contributed by atoms with Gasteiger partial charge in [-0.25, -0.2) is 9.48 Å². The summed E-state index contributed by atoms with van der Waals surface area (Å²) in [6.45, 7) is 5.40. The predicted octanol–water partition coefficient (Wildman–Crippen LogP) is 2.32. The first-order valence-corrected chi connectivity index (χ1v) is 18.3. The Kier molecular flexibility index (Phi) is 13.3. The molecule has 17 heteroatoms. The van der Waals surface area contributed by atoms with E-state index in [2.05, 4.69) is 15.7 Å². The van der Waals surface area contributed by atoms with Gasteiger partial charge in [-0.15, -0.1) is 5.06 Å². The van der Waals surface area contributed by atoms with Gasteiger partial charge in [0.05, 0.1) is 25.4 Å². The number of piperazine rings is 1. The van der Waals surface area contributed by atoms with Crippen LogP contribution in [-0.2, 0) is 33.5 Å². The summed E-state index contributed by atoms with van der Waals surface area (Å²) in [5.41, 5.74) is -1.70. The van der Waals surface area contributed by atoms with Gasteiger partial charge in [-0.3, -0.25) is 24.0 Å². The highest BCUT2D eigenvalue weighted by atomic mass is 16.8. The van der Waals surface area contributed by atoms with Crippen molar-refractivity contribution < 1.29 is 47.8 Å². The molecule has 1 saturated carbocycles. The molecule has 1 aromatic heterocycles. The highest BCUT2D eigenvalue weighted by Gasteiger charge is 2.47. The number of hydroxylamine groups is 2. The van der Waals surface area contributed by atoms with E-state index in [4.69, 9.17) is 19.0 Å². The van der Waals surface area contributed by atoms with Crippen LogP contribution in [0.1, 0.15) is 82.6 Å². The number of hydrogen-bond acceptors (Lipinski definition) is 12. The predicted molar refractivity (Wildman–Crippen MR) is 187 cm³/mol. The van der Waals surface area contributed by atoms with Crippen LogP contribution in [0, 0.1) is 0 Å². The van der Waals surface area contributed by atoms with Crippen LogP contribution < -0.4 is 15.4 Å². The molecule has 1 aliphatic carbocycles. The molecule has 3 heterocycles. The molecule has 0 radical (unpaired) electrons. The minimum absolute atomic E-state index is 0.0181.